The van der Waals surface area contributed by atoms with Crippen molar-refractivity contribution in [3.8, 4) is 33.6 Å². The van der Waals surface area contributed by atoms with E-state index in [2.05, 4.69) is 26.3 Å². The van der Waals surface area contributed by atoms with Gasteiger partial charge in [0.1, 0.15) is 11.3 Å². The molecule has 44 heavy (non-hydrogen) atoms. The third-order valence-corrected chi connectivity index (χ3v) is 6.34. The number of nitrogens with one attached hydrogen (secondary N) is 3. The zero-order valence-electron chi connectivity index (χ0n) is 24.5. The highest BCUT2D eigenvalue weighted by Crippen LogP contribution is 2.29. The molecule has 5 aromatic rings. The van der Waals surface area contributed by atoms with Gasteiger partial charge in [-0.3, -0.25) is 15.2 Å². The summed E-state index contributed by atoms with van der Waals surface area (Å²) in [4.78, 5) is 45.3. The topological polar surface area (TPSA) is 158 Å². The van der Waals surface area contributed by atoms with Gasteiger partial charge in [0.15, 0.2) is 12.4 Å². The number of pyridine rings is 2. The van der Waals surface area contributed by atoms with Crippen molar-refractivity contribution >= 4 is 29.0 Å². The fourth-order valence-electron chi connectivity index (χ4n) is 4.28. The number of benzene rings is 2. The van der Waals surface area contributed by atoms with E-state index >= 15 is 0 Å². The summed E-state index contributed by atoms with van der Waals surface area (Å²) in [5.41, 5.74) is 9.66. The van der Waals surface area contributed by atoms with Gasteiger partial charge in [0.05, 0.1) is 16.8 Å². The van der Waals surface area contributed by atoms with Crippen LogP contribution in [-0.2, 0) is 16.1 Å². The maximum absolute atomic E-state index is 13.1. The third kappa shape index (κ3) is 7.16. The fourth-order valence-corrected chi connectivity index (χ4v) is 4.28. The van der Waals surface area contributed by atoms with Crippen molar-refractivity contribution in [3.63, 3.8) is 0 Å². The number of aromatic nitrogens is 3. The Bertz CT molecular complexity index is 1810. The molecule has 2 aromatic carbocycles. The number of hydrogen-bond donors (Lipinski definition) is 3. The van der Waals surface area contributed by atoms with Crippen LogP contribution in [0.3, 0.4) is 0 Å². The molecular formula is C32H30N6O6. The number of ether oxygens (including phenoxy) is 2. The highest BCUT2D eigenvalue weighted by atomic mass is 16.6. The summed E-state index contributed by atoms with van der Waals surface area (Å²) in [5, 5.41) is 6.97. The molecule has 3 heterocycles. The molecule has 0 saturated carbocycles. The van der Waals surface area contributed by atoms with E-state index in [-0.39, 0.29) is 6.61 Å². The maximum Gasteiger partial charge on any atom is 0.426 e. The van der Waals surface area contributed by atoms with Gasteiger partial charge in [-0.25, -0.2) is 20.0 Å². The molecule has 0 radical (unpaired) electrons. The minimum absolute atomic E-state index is 0.0187. The summed E-state index contributed by atoms with van der Waals surface area (Å²) < 4.78 is 15.4. The molecule has 0 aliphatic rings. The molecule has 0 bridgehead atoms. The maximum atomic E-state index is 13.1. The van der Waals surface area contributed by atoms with Gasteiger partial charge in [-0.05, 0) is 44.0 Å². The Balaban J connectivity index is 1.32. The van der Waals surface area contributed by atoms with Gasteiger partial charge in [0.2, 0.25) is 0 Å². The number of alkyl carbamates (subject to hydrolysis) is 1. The van der Waals surface area contributed by atoms with Crippen LogP contribution < -0.4 is 16.2 Å². The van der Waals surface area contributed by atoms with E-state index in [4.69, 9.17) is 19.0 Å². The number of nitrogens with zero attached hydrogens (tertiary/aromatic N) is 3. The van der Waals surface area contributed by atoms with E-state index in [0.717, 1.165) is 22.3 Å². The van der Waals surface area contributed by atoms with Crippen LogP contribution in [-0.4, -0.2) is 45.9 Å². The lowest BCUT2D eigenvalue weighted by molar-refractivity contribution is 0.0483. The quantitative estimate of drug-likeness (QED) is 0.211. The van der Waals surface area contributed by atoms with Crippen LogP contribution in [0.2, 0.25) is 0 Å². The van der Waals surface area contributed by atoms with E-state index in [1.165, 1.54) is 7.05 Å². The highest BCUT2D eigenvalue weighted by Gasteiger charge is 2.19. The molecule has 0 atom stereocenters. The van der Waals surface area contributed by atoms with Crippen molar-refractivity contribution in [2.45, 2.75) is 33.0 Å². The lowest BCUT2D eigenvalue weighted by atomic mass is 9.99. The summed E-state index contributed by atoms with van der Waals surface area (Å²) in [6, 6.07) is 20.7. The van der Waals surface area contributed by atoms with Crippen LogP contribution in [0.4, 0.5) is 9.59 Å². The van der Waals surface area contributed by atoms with Gasteiger partial charge in [-0.2, -0.15) is 0 Å². The van der Waals surface area contributed by atoms with Crippen molar-refractivity contribution in [1.82, 2.24) is 31.3 Å². The first-order valence-corrected chi connectivity index (χ1v) is 13.6. The fraction of sp³-hybridized carbons (Fsp3) is 0.188. The van der Waals surface area contributed by atoms with Gasteiger partial charge in [-0.15, -0.1) is 0 Å². The van der Waals surface area contributed by atoms with Gasteiger partial charge >= 0.3 is 12.2 Å². The van der Waals surface area contributed by atoms with E-state index in [1.54, 1.807) is 51.4 Å². The van der Waals surface area contributed by atoms with Gasteiger partial charge < -0.3 is 19.3 Å². The summed E-state index contributed by atoms with van der Waals surface area (Å²) >= 11 is 0. The molecule has 0 unspecified atom stereocenters. The molecule has 0 spiro atoms. The monoisotopic (exact) mass is 594 g/mol. The molecule has 224 valence electrons. The average molecular weight is 595 g/mol. The molecule has 3 amide bonds. The van der Waals surface area contributed by atoms with Gasteiger partial charge in [-0.1, -0.05) is 53.7 Å². The van der Waals surface area contributed by atoms with Gasteiger partial charge in [0, 0.05) is 42.0 Å². The summed E-state index contributed by atoms with van der Waals surface area (Å²) in [5.74, 6) is -0.103. The molecule has 12 heteroatoms. The largest absolute Gasteiger partial charge is 0.443 e. The number of hydrogen-bond acceptors (Lipinski definition) is 9. The second kappa shape index (κ2) is 12.6. The standard InChI is InChI=1S/C32H30N6O6/c1-32(2,3)43-31(41)37-36-29(39)24-16-27(35-26-13-14-34-17-25(24)26)21-9-5-19(6-10-21)20-7-11-22(12-8-20)28-15-23(44-38-28)18-42-30(40)33-4/h5-17H,18H2,1-4H3,(H,33,40)(H,36,39)(H,37,41). The molecular weight excluding hydrogens is 564 g/mol. The van der Waals surface area contributed by atoms with Gasteiger partial charge in [0.25, 0.3) is 5.91 Å². The second-order valence-electron chi connectivity index (χ2n) is 10.7. The molecule has 0 saturated heterocycles. The van der Waals surface area contributed by atoms with Crippen LogP contribution in [0.5, 0.6) is 0 Å². The number of rotatable bonds is 6. The van der Waals surface area contributed by atoms with E-state index in [1.807, 2.05) is 48.5 Å². The van der Waals surface area contributed by atoms with E-state index in [0.29, 0.717) is 33.6 Å². The summed E-state index contributed by atoms with van der Waals surface area (Å²) in [7, 11) is 1.48. The van der Waals surface area contributed by atoms with Crippen molar-refractivity contribution < 1.29 is 28.4 Å². The SMILES string of the molecule is CNC(=O)OCc1cc(-c2ccc(-c3ccc(-c4cc(C(=O)NNC(=O)OC(C)(C)C)c5cnccc5n4)cc3)cc2)no1. The number of carbonyl (C=O) groups excluding carboxylic acids is 3. The zero-order valence-corrected chi connectivity index (χ0v) is 24.5. The minimum atomic E-state index is -0.774. The smallest absolute Gasteiger partial charge is 0.426 e. The lowest BCUT2D eigenvalue weighted by Crippen LogP contribution is -2.44. The Kier molecular flexibility index (Phi) is 8.51. The number of amides is 3. The summed E-state index contributed by atoms with van der Waals surface area (Å²) in [6.07, 6.45) is 1.83. The van der Waals surface area contributed by atoms with Crippen LogP contribution in [0, 0.1) is 0 Å². The number of hydrazine groups is 1. The predicted octanol–water partition coefficient (Wildman–Crippen LogP) is 5.64. The lowest BCUT2D eigenvalue weighted by Gasteiger charge is -2.19. The van der Waals surface area contributed by atoms with Crippen molar-refractivity contribution in [1.29, 1.82) is 0 Å². The minimum Gasteiger partial charge on any atom is -0.443 e. The zero-order chi connectivity index (χ0) is 31.3. The molecule has 3 aromatic heterocycles. The Morgan fingerprint density at radius 3 is 2.09 bits per heavy atom. The first-order valence-electron chi connectivity index (χ1n) is 13.6. The highest BCUT2D eigenvalue weighted by molar-refractivity contribution is 6.07. The molecule has 0 aliphatic heterocycles. The molecule has 0 fully saturated rings. The van der Waals surface area contributed by atoms with Crippen LogP contribution in [0.15, 0.2) is 83.6 Å². The first kappa shape index (κ1) is 29.7. The Hall–Kier alpha value is -5.78. The van der Waals surface area contributed by atoms with E-state index < -0.39 is 23.7 Å². The second-order valence-corrected chi connectivity index (χ2v) is 10.7. The predicted molar refractivity (Wildman–Crippen MR) is 162 cm³/mol. The molecule has 5 rings (SSSR count). The first-order chi connectivity index (χ1) is 21.1. The normalized spacial score (nSPS) is 11.1. The molecule has 3 N–H and O–H groups in total. The molecule has 0 aliphatic carbocycles. The number of fused-ring (bicyclic) bond motifs is 1. The van der Waals surface area contributed by atoms with Crippen molar-refractivity contribution in [2.24, 2.45) is 0 Å². The summed E-state index contributed by atoms with van der Waals surface area (Å²) in [6.45, 7) is 5.17. The van der Waals surface area contributed by atoms with Crippen LogP contribution in [0.1, 0.15) is 36.9 Å². The van der Waals surface area contributed by atoms with Crippen molar-refractivity contribution in [2.75, 3.05) is 7.05 Å². The third-order valence-electron chi connectivity index (χ3n) is 6.34. The number of carbonyl (C=O) groups is 3. The average Bonchev–Trinajstić information content (AvgIpc) is 3.50. The van der Waals surface area contributed by atoms with Crippen molar-refractivity contribution in [3.05, 3.63) is 90.4 Å². The molecule has 12 nitrogen and oxygen atoms in total. The Morgan fingerprint density at radius 1 is 0.818 bits per heavy atom. The Labute approximate surface area is 252 Å². The van der Waals surface area contributed by atoms with E-state index in [9.17, 15) is 14.4 Å². The van der Waals surface area contributed by atoms with Crippen LogP contribution >= 0.6 is 0 Å². The van der Waals surface area contributed by atoms with Crippen LogP contribution in [0.25, 0.3) is 44.5 Å². The Morgan fingerprint density at radius 2 is 1.45 bits per heavy atom.